The van der Waals surface area contributed by atoms with E-state index in [-0.39, 0.29) is 5.91 Å². The Labute approximate surface area is 120 Å². The lowest BCUT2D eigenvalue weighted by Crippen LogP contribution is -2.10. The first-order valence-corrected chi connectivity index (χ1v) is 8.16. The van der Waals surface area contributed by atoms with Crippen LogP contribution in [-0.2, 0) is 12.8 Å². The number of aromatic nitrogens is 1. The van der Waals surface area contributed by atoms with Gasteiger partial charge in [0.25, 0.3) is 5.91 Å². The van der Waals surface area contributed by atoms with Crippen LogP contribution in [0.5, 0.6) is 0 Å². The zero-order valence-electron chi connectivity index (χ0n) is 11.0. The predicted octanol–water partition coefficient (Wildman–Crippen LogP) is 3.89. The van der Waals surface area contributed by atoms with E-state index in [1.807, 2.05) is 12.3 Å². The monoisotopic (exact) mass is 292 g/mol. The highest BCUT2D eigenvalue weighted by Crippen LogP contribution is 2.32. The van der Waals surface area contributed by atoms with E-state index in [9.17, 15) is 4.79 Å². The highest BCUT2D eigenvalue weighted by Gasteiger charge is 2.21. The van der Waals surface area contributed by atoms with Crippen LogP contribution in [0.1, 0.15) is 39.2 Å². The van der Waals surface area contributed by atoms with Gasteiger partial charge in [0, 0.05) is 10.3 Å². The van der Waals surface area contributed by atoms with Gasteiger partial charge >= 0.3 is 0 Å². The van der Waals surface area contributed by atoms with E-state index in [0.717, 1.165) is 29.3 Å². The zero-order valence-corrected chi connectivity index (χ0v) is 12.7. The standard InChI is InChI=1S/C14H16N2OS2/c1-8-3-4-11-10(5-8)6-12(19-11)13(17)16-14-15-9(2)7-18-14/h6-8H,3-5H2,1-2H3,(H,15,16,17)/t8-/m1/s1. The summed E-state index contributed by atoms with van der Waals surface area (Å²) in [5.41, 5.74) is 2.31. The van der Waals surface area contributed by atoms with E-state index < -0.39 is 0 Å². The third kappa shape index (κ3) is 2.72. The molecule has 0 aromatic carbocycles. The van der Waals surface area contributed by atoms with Gasteiger partial charge in [-0.3, -0.25) is 10.1 Å². The number of fused-ring (bicyclic) bond motifs is 1. The normalized spacial score (nSPS) is 18.1. The van der Waals surface area contributed by atoms with Gasteiger partial charge in [-0.2, -0.15) is 0 Å². The van der Waals surface area contributed by atoms with Crippen molar-refractivity contribution in [1.29, 1.82) is 0 Å². The van der Waals surface area contributed by atoms with E-state index in [4.69, 9.17) is 0 Å². The van der Waals surface area contributed by atoms with Gasteiger partial charge in [-0.25, -0.2) is 4.98 Å². The number of carbonyl (C=O) groups is 1. The summed E-state index contributed by atoms with van der Waals surface area (Å²) in [5.74, 6) is 0.709. The quantitative estimate of drug-likeness (QED) is 0.912. The molecule has 1 amide bonds. The molecule has 0 spiro atoms. The Morgan fingerprint density at radius 2 is 2.37 bits per heavy atom. The topological polar surface area (TPSA) is 42.0 Å². The van der Waals surface area contributed by atoms with Gasteiger partial charge in [-0.15, -0.1) is 22.7 Å². The van der Waals surface area contributed by atoms with Gasteiger partial charge < -0.3 is 0 Å². The Morgan fingerprint density at radius 3 is 3.11 bits per heavy atom. The molecule has 2 aromatic rings. The molecule has 100 valence electrons. The molecule has 0 radical (unpaired) electrons. The van der Waals surface area contributed by atoms with Crippen LogP contribution in [0, 0.1) is 12.8 Å². The summed E-state index contributed by atoms with van der Waals surface area (Å²) in [5, 5.41) is 5.50. The van der Waals surface area contributed by atoms with Crippen molar-refractivity contribution in [3.05, 3.63) is 32.5 Å². The molecular formula is C14H16N2OS2. The molecule has 0 saturated heterocycles. The fourth-order valence-electron chi connectivity index (χ4n) is 2.39. The molecule has 3 rings (SSSR count). The van der Waals surface area contributed by atoms with Crippen LogP contribution in [0.15, 0.2) is 11.4 Å². The smallest absolute Gasteiger partial charge is 0.267 e. The minimum atomic E-state index is -0.0265. The molecule has 0 bridgehead atoms. The number of amides is 1. The Bertz CT molecular complexity index is 615. The first kappa shape index (κ1) is 12.8. The van der Waals surface area contributed by atoms with E-state index >= 15 is 0 Å². The first-order valence-electron chi connectivity index (χ1n) is 6.47. The third-order valence-electron chi connectivity index (χ3n) is 3.39. The van der Waals surface area contributed by atoms with Crippen molar-refractivity contribution in [3.63, 3.8) is 0 Å². The van der Waals surface area contributed by atoms with Crippen molar-refractivity contribution in [2.45, 2.75) is 33.1 Å². The molecule has 5 heteroatoms. The Hall–Kier alpha value is -1.20. The molecule has 1 atom stereocenters. The largest absolute Gasteiger partial charge is 0.297 e. The number of nitrogens with zero attached hydrogens (tertiary/aromatic N) is 1. The van der Waals surface area contributed by atoms with Crippen LogP contribution >= 0.6 is 22.7 Å². The Morgan fingerprint density at radius 1 is 1.53 bits per heavy atom. The van der Waals surface area contributed by atoms with Gasteiger partial charge in [0.05, 0.1) is 10.6 Å². The van der Waals surface area contributed by atoms with Crippen LogP contribution in [0.25, 0.3) is 0 Å². The SMILES string of the molecule is Cc1csc(NC(=O)c2cc3c(s2)CC[C@@H](C)C3)n1. The number of thiazole rings is 1. The zero-order chi connectivity index (χ0) is 13.4. The van der Waals surface area contributed by atoms with Crippen molar-refractivity contribution in [2.75, 3.05) is 5.32 Å². The maximum Gasteiger partial charge on any atom is 0.267 e. The lowest BCUT2D eigenvalue weighted by atomic mass is 9.90. The number of hydrogen-bond acceptors (Lipinski definition) is 4. The van der Waals surface area contributed by atoms with Gasteiger partial charge in [0.2, 0.25) is 0 Å². The number of hydrogen-bond donors (Lipinski definition) is 1. The molecule has 1 aliphatic carbocycles. The average Bonchev–Trinajstić information content (AvgIpc) is 2.95. The van der Waals surface area contributed by atoms with Crippen LogP contribution in [0.2, 0.25) is 0 Å². The number of aryl methyl sites for hydroxylation is 2. The molecule has 19 heavy (non-hydrogen) atoms. The van der Waals surface area contributed by atoms with Gasteiger partial charge in [0.15, 0.2) is 5.13 Å². The maximum absolute atomic E-state index is 12.2. The Kier molecular flexibility index (Phi) is 3.41. The number of anilines is 1. The maximum atomic E-state index is 12.2. The van der Waals surface area contributed by atoms with Crippen molar-refractivity contribution in [3.8, 4) is 0 Å². The summed E-state index contributed by atoms with van der Waals surface area (Å²) in [4.78, 5) is 18.6. The second kappa shape index (κ2) is 5.06. The van der Waals surface area contributed by atoms with Crippen LogP contribution < -0.4 is 5.32 Å². The van der Waals surface area contributed by atoms with Crippen molar-refractivity contribution < 1.29 is 4.79 Å². The molecule has 0 aliphatic heterocycles. The van der Waals surface area contributed by atoms with Gasteiger partial charge in [-0.1, -0.05) is 6.92 Å². The predicted molar refractivity (Wildman–Crippen MR) is 80.3 cm³/mol. The second-order valence-electron chi connectivity index (χ2n) is 5.16. The van der Waals surface area contributed by atoms with E-state index in [1.165, 1.54) is 28.2 Å². The molecule has 0 saturated carbocycles. The second-order valence-corrected chi connectivity index (χ2v) is 7.15. The number of carbonyl (C=O) groups excluding carboxylic acids is 1. The molecular weight excluding hydrogens is 276 g/mol. The lowest BCUT2D eigenvalue weighted by Gasteiger charge is -2.16. The third-order valence-corrected chi connectivity index (χ3v) is 5.50. The summed E-state index contributed by atoms with van der Waals surface area (Å²) >= 11 is 3.11. The molecule has 3 nitrogen and oxygen atoms in total. The summed E-state index contributed by atoms with van der Waals surface area (Å²) in [6.07, 6.45) is 3.46. The van der Waals surface area contributed by atoms with Gasteiger partial charge in [0.1, 0.15) is 0 Å². The summed E-state index contributed by atoms with van der Waals surface area (Å²) in [7, 11) is 0. The summed E-state index contributed by atoms with van der Waals surface area (Å²) in [6.45, 7) is 4.20. The molecule has 1 aliphatic rings. The number of rotatable bonds is 2. The van der Waals surface area contributed by atoms with Crippen molar-refractivity contribution in [1.82, 2.24) is 4.98 Å². The van der Waals surface area contributed by atoms with E-state index in [2.05, 4.69) is 23.3 Å². The fourth-order valence-corrected chi connectivity index (χ4v) is 4.17. The molecule has 0 unspecified atom stereocenters. The summed E-state index contributed by atoms with van der Waals surface area (Å²) in [6, 6.07) is 2.06. The lowest BCUT2D eigenvalue weighted by molar-refractivity contribution is 0.103. The van der Waals surface area contributed by atoms with E-state index in [1.54, 1.807) is 11.3 Å². The Balaban J connectivity index is 1.77. The van der Waals surface area contributed by atoms with Crippen LogP contribution in [0.3, 0.4) is 0 Å². The first-order chi connectivity index (χ1) is 9.11. The molecule has 0 fully saturated rings. The van der Waals surface area contributed by atoms with Gasteiger partial charge in [-0.05, 0) is 43.7 Å². The molecule has 2 aromatic heterocycles. The number of thiophene rings is 1. The molecule has 2 heterocycles. The summed E-state index contributed by atoms with van der Waals surface area (Å²) < 4.78 is 0. The van der Waals surface area contributed by atoms with Crippen LogP contribution in [0.4, 0.5) is 5.13 Å². The average molecular weight is 292 g/mol. The minimum absolute atomic E-state index is 0.0265. The van der Waals surface area contributed by atoms with Crippen molar-refractivity contribution >= 4 is 33.7 Å². The fraction of sp³-hybridized carbons (Fsp3) is 0.429. The van der Waals surface area contributed by atoms with E-state index in [0.29, 0.717) is 5.13 Å². The van der Waals surface area contributed by atoms with Crippen LogP contribution in [-0.4, -0.2) is 10.9 Å². The highest BCUT2D eigenvalue weighted by atomic mass is 32.1. The number of nitrogens with one attached hydrogen (secondary N) is 1. The van der Waals surface area contributed by atoms with Crippen molar-refractivity contribution in [2.24, 2.45) is 5.92 Å². The minimum Gasteiger partial charge on any atom is -0.297 e. The highest BCUT2D eigenvalue weighted by molar-refractivity contribution is 7.15. The molecule has 1 N–H and O–H groups in total.